The second-order valence-corrected chi connectivity index (χ2v) is 6.99. The van der Waals surface area contributed by atoms with E-state index >= 15 is 0 Å². The average molecular weight is 250 g/mol. The Morgan fingerprint density at radius 1 is 1.22 bits per heavy atom. The first-order valence-corrected chi connectivity index (χ1v) is 7.92. The molecule has 2 bridgehead atoms. The highest BCUT2D eigenvalue weighted by atomic mass is 16.5. The minimum atomic E-state index is 0.347. The molecular formula is C15H26N2O. The maximum atomic E-state index is 6.29. The molecule has 1 heterocycles. The molecule has 3 aliphatic carbocycles. The summed E-state index contributed by atoms with van der Waals surface area (Å²) in [6.07, 6.45) is 10.2. The first-order valence-electron chi connectivity index (χ1n) is 7.92. The molecule has 1 aliphatic heterocycles. The lowest BCUT2D eigenvalue weighted by Gasteiger charge is -2.52. The molecule has 1 saturated heterocycles. The molecule has 0 aromatic rings. The monoisotopic (exact) mass is 250 g/mol. The highest BCUT2D eigenvalue weighted by Gasteiger charge is 2.56. The van der Waals surface area contributed by atoms with Crippen molar-refractivity contribution in [2.45, 2.75) is 62.6 Å². The van der Waals surface area contributed by atoms with Gasteiger partial charge >= 0.3 is 0 Å². The van der Waals surface area contributed by atoms with Gasteiger partial charge in [0.25, 0.3) is 0 Å². The molecule has 5 atom stereocenters. The van der Waals surface area contributed by atoms with Gasteiger partial charge in [0.1, 0.15) is 0 Å². The Bertz CT molecular complexity index is 334. The van der Waals surface area contributed by atoms with Crippen LogP contribution in [0.25, 0.3) is 0 Å². The summed E-state index contributed by atoms with van der Waals surface area (Å²) in [5.74, 6) is 1.85. The van der Waals surface area contributed by atoms with Crippen LogP contribution in [0.15, 0.2) is 0 Å². The Kier molecular flexibility index (Phi) is 2.72. The quantitative estimate of drug-likeness (QED) is 0.811. The Balaban J connectivity index is 1.63. The zero-order chi connectivity index (χ0) is 12.2. The summed E-state index contributed by atoms with van der Waals surface area (Å²) in [7, 11) is 0. The second kappa shape index (κ2) is 4.19. The number of rotatable bonds is 2. The number of fused-ring (bicyclic) bond motifs is 3. The van der Waals surface area contributed by atoms with E-state index in [4.69, 9.17) is 10.5 Å². The van der Waals surface area contributed by atoms with Gasteiger partial charge in [-0.05, 0) is 50.4 Å². The van der Waals surface area contributed by atoms with Crippen LogP contribution >= 0.6 is 0 Å². The molecule has 2 N–H and O–H groups in total. The van der Waals surface area contributed by atoms with E-state index in [0.29, 0.717) is 17.7 Å². The highest BCUT2D eigenvalue weighted by molar-refractivity contribution is 5.11. The van der Waals surface area contributed by atoms with Crippen LogP contribution < -0.4 is 5.73 Å². The van der Waals surface area contributed by atoms with Gasteiger partial charge in [-0.25, -0.2) is 0 Å². The van der Waals surface area contributed by atoms with Crippen molar-refractivity contribution in [3.63, 3.8) is 0 Å². The summed E-state index contributed by atoms with van der Waals surface area (Å²) in [5.41, 5.74) is 6.63. The number of hydrogen-bond donors (Lipinski definition) is 1. The summed E-state index contributed by atoms with van der Waals surface area (Å²) in [6, 6.07) is 0.682. The Labute approximate surface area is 110 Å². The summed E-state index contributed by atoms with van der Waals surface area (Å²) < 4.78 is 5.98. The summed E-state index contributed by atoms with van der Waals surface area (Å²) >= 11 is 0. The lowest BCUT2D eigenvalue weighted by molar-refractivity contribution is -0.111. The average Bonchev–Trinajstić information content (AvgIpc) is 3.12. The first-order chi connectivity index (χ1) is 8.83. The second-order valence-electron chi connectivity index (χ2n) is 6.99. The third-order valence-corrected chi connectivity index (χ3v) is 6.35. The topological polar surface area (TPSA) is 38.5 Å². The molecular weight excluding hydrogens is 224 g/mol. The van der Waals surface area contributed by atoms with E-state index in [1.165, 1.54) is 44.9 Å². The van der Waals surface area contributed by atoms with E-state index in [0.717, 1.165) is 31.5 Å². The Morgan fingerprint density at radius 2 is 2.17 bits per heavy atom. The van der Waals surface area contributed by atoms with Gasteiger partial charge in [0, 0.05) is 24.7 Å². The van der Waals surface area contributed by atoms with Crippen molar-refractivity contribution in [3.05, 3.63) is 0 Å². The molecule has 0 spiro atoms. The molecule has 5 unspecified atom stereocenters. The molecule has 4 aliphatic rings. The third-order valence-electron chi connectivity index (χ3n) is 6.35. The maximum absolute atomic E-state index is 6.29. The van der Waals surface area contributed by atoms with Gasteiger partial charge in [-0.15, -0.1) is 0 Å². The van der Waals surface area contributed by atoms with Crippen LogP contribution in [0.1, 0.15) is 44.9 Å². The zero-order valence-corrected chi connectivity index (χ0v) is 11.3. The summed E-state index contributed by atoms with van der Waals surface area (Å²) in [6.45, 7) is 2.93. The Morgan fingerprint density at radius 3 is 2.89 bits per heavy atom. The highest BCUT2D eigenvalue weighted by Crippen LogP contribution is 2.54. The van der Waals surface area contributed by atoms with Crippen molar-refractivity contribution in [3.8, 4) is 0 Å². The van der Waals surface area contributed by atoms with Crippen LogP contribution in [0.5, 0.6) is 0 Å². The van der Waals surface area contributed by atoms with E-state index in [1.807, 2.05) is 0 Å². The molecule has 3 nitrogen and oxygen atoms in total. The van der Waals surface area contributed by atoms with Crippen LogP contribution in [-0.4, -0.2) is 42.3 Å². The number of hydrogen-bond acceptors (Lipinski definition) is 3. The van der Waals surface area contributed by atoms with Crippen LogP contribution in [0.2, 0.25) is 0 Å². The lowest BCUT2D eigenvalue weighted by atomic mass is 9.78. The number of nitrogens with two attached hydrogens (primary N) is 1. The summed E-state index contributed by atoms with van der Waals surface area (Å²) in [5, 5.41) is 0. The van der Waals surface area contributed by atoms with Crippen molar-refractivity contribution in [1.29, 1.82) is 0 Å². The fourth-order valence-corrected chi connectivity index (χ4v) is 5.61. The van der Waals surface area contributed by atoms with Crippen molar-refractivity contribution >= 4 is 0 Å². The van der Waals surface area contributed by atoms with E-state index < -0.39 is 0 Å². The van der Waals surface area contributed by atoms with Gasteiger partial charge in [0.2, 0.25) is 0 Å². The number of ether oxygens (including phenoxy) is 1. The molecule has 102 valence electrons. The van der Waals surface area contributed by atoms with E-state index in [1.54, 1.807) is 0 Å². The van der Waals surface area contributed by atoms with Crippen LogP contribution in [0.4, 0.5) is 0 Å². The molecule has 3 heteroatoms. The van der Waals surface area contributed by atoms with Gasteiger partial charge in [-0.1, -0.05) is 6.42 Å². The molecule has 3 saturated carbocycles. The lowest BCUT2D eigenvalue weighted by Crippen LogP contribution is -2.65. The SMILES string of the molecule is NCC1(N2CCOC3CCCC32)CC2CCC1C2. The summed E-state index contributed by atoms with van der Waals surface area (Å²) in [4.78, 5) is 2.82. The van der Waals surface area contributed by atoms with Crippen LogP contribution in [0, 0.1) is 11.8 Å². The standard InChI is InChI=1S/C15H26N2O/c16-10-15(9-11-4-5-12(15)8-11)17-6-7-18-14-3-1-2-13(14)17/h11-14H,1-10,16H2. The molecule has 18 heavy (non-hydrogen) atoms. The first kappa shape index (κ1) is 11.7. The minimum absolute atomic E-state index is 0.347. The van der Waals surface area contributed by atoms with Crippen LogP contribution in [-0.2, 0) is 4.74 Å². The molecule has 0 radical (unpaired) electrons. The normalized spacial score (nSPS) is 51.8. The zero-order valence-electron chi connectivity index (χ0n) is 11.3. The van der Waals surface area contributed by atoms with Crippen molar-refractivity contribution in [2.24, 2.45) is 17.6 Å². The minimum Gasteiger partial charge on any atom is -0.375 e. The Hall–Kier alpha value is -0.120. The van der Waals surface area contributed by atoms with Crippen molar-refractivity contribution < 1.29 is 4.74 Å². The predicted molar refractivity (Wildman–Crippen MR) is 71.3 cm³/mol. The predicted octanol–water partition coefficient (Wildman–Crippen LogP) is 1.76. The molecule has 4 fully saturated rings. The van der Waals surface area contributed by atoms with Crippen molar-refractivity contribution in [1.82, 2.24) is 4.90 Å². The molecule has 0 amide bonds. The van der Waals surface area contributed by atoms with Gasteiger partial charge in [-0.2, -0.15) is 0 Å². The number of morpholine rings is 1. The van der Waals surface area contributed by atoms with Crippen molar-refractivity contribution in [2.75, 3.05) is 19.7 Å². The van der Waals surface area contributed by atoms with E-state index in [9.17, 15) is 0 Å². The fraction of sp³-hybridized carbons (Fsp3) is 1.00. The smallest absolute Gasteiger partial charge is 0.0731 e. The number of nitrogens with zero attached hydrogens (tertiary/aromatic N) is 1. The molecule has 0 aromatic heterocycles. The fourth-order valence-electron chi connectivity index (χ4n) is 5.61. The van der Waals surface area contributed by atoms with Crippen LogP contribution in [0.3, 0.4) is 0 Å². The largest absolute Gasteiger partial charge is 0.375 e. The molecule has 0 aromatic carbocycles. The maximum Gasteiger partial charge on any atom is 0.0731 e. The molecule has 4 rings (SSSR count). The van der Waals surface area contributed by atoms with Gasteiger partial charge < -0.3 is 10.5 Å². The van der Waals surface area contributed by atoms with Gasteiger partial charge in [-0.3, -0.25) is 4.90 Å². The van der Waals surface area contributed by atoms with E-state index in [2.05, 4.69) is 4.90 Å². The van der Waals surface area contributed by atoms with Gasteiger partial charge in [0.15, 0.2) is 0 Å². The third kappa shape index (κ3) is 1.47. The van der Waals surface area contributed by atoms with Gasteiger partial charge in [0.05, 0.1) is 12.7 Å². The van der Waals surface area contributed by atoms with E-state index in [-0.39, 0.29) is 0 Å².